The Kier molecular flexibility index (Phi) is 5.93. The van der Waals surface area contributed by atoms with Gasteiger partial charge in [0, 0.05) is 11.3 Å². The molecule has 0 bridgehead atoms. The second-order valence-electron chi connectivity index (χ2n) is 5.56. The van der Waals surface area contributed by atoms with Crippen LogP contribution in [0.15, 0.2) is 30.3 Å². The van der Waals surface area contributed by atoms with E-state index in [-0.39, 0.29) is 5.91 Å². The summed E-state index contributed by atoms with van der Waals surface area (Å²) in [5.41, 5.74) is 8.22. The number of benzene rings is 1. The molecule has 23 heavy (non-hydrogen) atoms. The van der Waals surface area contributed by atoms with Crippen molar-refractivity contribution < 1.29 is 9.59 Å². The SMILES string of the molecule is CCc1cc(C(N)=O)c(NC(=O)CCCc2ccc(C)cc2)s1. The minimum absolute atomic E-state index is 0.0795. The molecule has 0 saturated carbocycles. The van der Waals surface area contributed by atoms with Crippen LogP contribution in [0.4, 0.5) is 5.00 Å². The standard InChI is InChI=1S/C18H22N2O2S/c1-3-14-11-15(17(19)22)18(23-14)20-16(21)6-4-5-13-9-7-12(2)8-10-13/h7-11H,3-6H2,1-2H3,(H2,19,22)(H,20,21). The molecule has 1 aromatic carbocycles. The van der Waals surface area contributed by atoms with Crippen LogP contribution in [-0.4, -0.2) is 11.8 Å². The van der Waals surface area contributed by atoms with E-state index in [4.69, 9.17) is 5.73 Å². The molecular weight excluding hydrogens is 308 g/mol. The van der Waals surface area contributed by atoms with E-state index in [1.54, 1.807) is 6.07 Å². The number of nitrogens with one attached hydrogen (secondary N) is 1. The van der Waals surface area contributed by atoms with E-state index in [9.17, 15) is 9.59 Å². The van der Waals surface area contributed by atoms with Gasteiger partial charge in [-0.15, -0.1) is 11.3 Å². The van der Waals surface area contributed by atoms with Crippen LogP contribution in [0, 0.1) is 6.92 Å². The zero-order chi connectivity index (χ0) is 16.8. The van der Waals surface area contributed by atoms with Gasteiger partial charge in [-0.2, -0.15) is 0 Å². The van der Waals surface area contributed by atoms with Crippen molar-refractivity contribution in [2.45, 2.75) is 39.5 Å². The number of aryl methyl sites for hydroxylation is 3. The van der Waals surface area contributed by atoms with Crippen molar-refractivity contribution in [1.29, 1.82) is 0 Å². The molecule has 0 spiro atoms. The number of primary amides is 1. The summed E-state index contributed by atoms with van der Waals surface area (Å²) < 4.78 is 0. The van der Waals surface area contributed by atoms with Gasteiger partial charge >= 0.3 is 0 Å². The van der Waals surface area contributed by atoms with Crippen molar-refractivity contribution in [2.24, 2.45) is 5.73 Å². The van der Waals surface area contributed by atoms with Crippen LogP contribution in [-0.2, 0) is 17.6 Å². The van der Waals surface area contributed by atoms with Gasteiger partial charge in [0.25, 0.3) is 5.91 Å². The van der Waals surface area contributed by atoms with E-state index in [1.807, 2.05) is 6.92 Å². The second kappa shape index (κ2) is 7.92. The minimum atomic E-state index is -0.504. The molecule has 3 N–H and O–H groups in total. The number of thiophene rings is 1. The van der Waals surface area contributed by atoms with E-state index in [0.717, 1.165) is 24.1 Å². The Labute approximate surface area is 140 Å². The summed E-state index contributed by atoms with van der Waals surface area (Å²) in [4.78, 5) is 24.5. The van der Waals surface area contributed by atoms with Crippen LogP contribution in [0.2, 0.25) is 0 Å². The average molecular weight is 330 g/mol. The monoisotopic (exact) mass is 330 g/mol. The quantitative estimate of drug-likeness (QED) is 0.813. The molecule has 2 aromatic rings. The number of rotatable bonds is 7. The first kappa shape index (κ1) is 17.2. The Balaban J connectivity index is 1.88. The van der Waals surface area contributed by atoms with Gasteiger partial charge in [-0.25, -0.2) is 0 Å². The largest absolute Gasteiger partial charge is 0.366 e. The summed E-state index contributed by atoms with van der Waals surface area (Å²) in [6, 6.07) is 10.1. The van der Waals surface area contributed by atoms with Gasteiger partial charge in [-0.1, -0.05) is 36.8 Å². The molecule has 0 unspecified atom stereocenters. The molecule has 0 fully saturated rings. The van der Waals surface area contributed by atoms with Gasteiger partial charge < -0.3 is 11.1 Å². The fourth-order valence-electron chi connectivity index (χ4n) is 2.29. The lowest BCUT2D eigenvalue weighted by Gasteiger charge is -2.05. The molecule has 0 aliphatic rings. The highest BCUT2D eigenvalue weighted by molar-refractivity contribution is 7.16. The summed E-state index contributed by atoms with van der Waals surface area (Å²) in [6.45, 7) is 4.06. The minimum Gasteiger partial charge on any atom is -0.366 e. The van der Waals surface area contributed by atoms with Gasteiger partial charge in [0.15, 0.2) is 0 Å². The van der Waals surface area contributed by atoms with Gasteiger partial charge in [-0.05, 0) is 37.8 Å². The van der Waals surface area contributed by atoms with Crippen molar-refractivity contribution in [3.8, 4) is 0 Å². The molecule has 0 atom stereocenters. The van der Waals surface area contributed by atoms with Crippen molar-refractivity contribution in [2.75, 3.05) is 5.32 Å². The Morgan fingerprint density at radius 3 is 2.52 bits per heavy atom. The third kappa shape index (κ3) is 4.93. The Bertz CT molecular complexity index is 690. The first-order chi connectivity index (χ1) is 11.0. The van der Waals surface area contributed by atoms with Crippen molar-refractivity contribution >= 4 is 28.2 Å². The summed E-state index contributed by atoms with van der Waals surface area (Å²) in [5.74, 6) is -0.583. The molecule has 1 heterocycles. The number of hydrogen-bond donors (Lipinski definition) is 2. The van der Waals surface area contributed by atoms with E-state index in [1.165, 1.54) is 22.5 Å². The third-order valence-corrected chi connectivity index (χ3v) is 4.83. The first-order valence-corrected chi connectivity index (χ1v) is 8.59. The van der Waals surface area contributed by atoms with Crippen LogP contribution in [0.1, 0.15) is 46.1 Å². The van der Waals surface area contributed by atoms with Crippen molar-refractivity contribution in [1.82, 2.24) is 0 Å². The van der Waals surface area contributed by atoms with E-state index in [2.05, 4.69) is 36.5 Å². The molecular formula is C18H22N2O2S. The molecule has 1 aromatic heterocycles. The van der Waals surface area contributed by atoms with Gasteiger partial charge in [0.2, 0.25) is 5.91 Å². The average Bonchev–Trinajstić information content (AvgIpc) is 2.92. The highest BCUT2D eigenvalue weighted by Gasteiger charge is 2.15. The number of carbonyl (C=O) groups excluding carboxylic acids is 2. The molecule has 0 saturated heterocycles. The maximum Gasteiger partial charge on any atom is 0.251 e. The third-order valence-electron chi connectivity index (χ3n) is 3.64. The maximum atomic E-state index is 12.1. The summed E-state index contributed by atoms with van der Waals surface area (Å²) in [7, 11) is 0. The van der Waals surface area contributed by atoms with E-state index < -0.39 is 5.91 Å². The number of nitrogens with two attached hydrogens (primary N) is 1. The first-order valence-electron chi connectivity index (χ1n) is 7.77. The molecule has 2 rings (SSSR count). The smallest absolute Gasteiger partial charge is 0.251 e. The Morgan fingerprint density at radius 2 is 1.91 bits per heavy atom. The fourth-order valence-corrected chi connectivity index (χ4v) is 3.31. The van der Waals surface area contributed by atoms with Crippen LogP contribution < -0.4 is 11.1 Å². The number of carbonyl (C=O) groups is 2. The summed E-state index contributed by atoms with van der Waals surface area (Å²) >= 11 is 1.41. The molecule has 4 nitrogen and oxygen atoms in total. The highest BCUT2D eigenvalue weighted by atomic mass is 32.1. The Morgan fingerprint density at radius 1 is 1.22 bits per heavy atom. The number of amides is 2. The van der Waals surface area contributed by atoms with Gasteiger partial charge in [-0.3, -0.25) is 9.59 Å². The van der Waals surface area contributed by atoms with E-state index >= 15 is 0 Å². The number of hydrogen-bond acceptors (Lipinski definition) is 3. The molecule has 5 heteroatoms. The Hall–Kier alpha value is -2.14. The second-order valence-corrected chi connectivity index (χ2v) is 6.70. The van der Waals surface area contributed by atoms with Gasteiger partial charge in [0.05, 0.1) is 5.56 Å². The fraction of sp³-hybridized carbons (Fsp3) is 0.333. The van der Waals surface area contributed by atoms with Gasteiger partial charge in [0.1, 0.15) is 5.00 Å². The zero-order valence-corrected chi connectivity index (χ0v) is 14.3. The maximum absolute atomic E-state index is 12.1. The molecule has 0 radical (unpaired) electrons. The molecule has 2 amide bonds. The normalized spacial score (nSPS) is 10.5. The van der Waals surface area contributed by atoms with Crippen LogP contribution in [0.3, 0.4) is 0 Å². The lowest BCUT2D eigenvalue weighted by Crippen LogP contribution is -2.16. The van der Waals surface area contributed by atoms with Crippen LogP contribution in [0.25, 0.3) is 0 Å². The summed E-state index contributed by atoms with van der Waals surface area (Å²) in [5, 5.41) is 3.39. The lowest BCUT2D eigenvalue weighted by molar-refractivity contribution is -0.116. The van der Waals surface area contributed by atoms with Crippen LogP contribution >= 0.6 is 11.3 Å². The van der Waals surface area contributed by atoms with Crippen LogP contribution in [0.5, 0.6) is 0 Å². The topological polar surface area (TPSA) is 72.2 Å². The van der Waals surface area contributed by atoms with E-state index in [0.29, 0.717) is 17.0 Å². The van der Waals surface area contributed by atoms with Crippen molar-refractivity contribution in [3.05, 3.63) is 51.9 Å². The zero-order valence-electron chi connectivity index (χ0n) is 13.5. The molecule has 0 aliphatic carbocycles. The summed E-state index contributed by atoms with van der Waals surface area (Å²) in [6.07, 6.45) is 2.87. The molecule has 122 valence electrons. The lowest BCUT2D eigenvalue weighted by atomic mass is 10.1. The predicted octanol–water partition coefficient (Wildman–Crippen LogP) is 3.68. The number of anilines is 1. The van der Waals surface area contributed by atoms with Crippen molar-refractivity contribution in [3.63, 3.8) is 0 Å². The predicted molar refractivity (Wildman–Crippen MR) is 95.0 cm³/mol. The highest BCUT2D eigenvalue weighted by Crippen LogP contribution is 2.28. The molecule has 0 aliphatic heterocycles.